The number of hydrogen-bond acceptors (Lipinski definition) is 6. The Kier molecular flexibility index (Phi) is 6.27. The van der Waals surface area contributed by atoms with Crippen LogP contribution in [0.15, 0.2) is 53.7 Å². The molecule has 10 heteroatoms. The van der Waals surface area contributed by atoms with Crippen LogP contribution in [0, 0.1) is 10.1 Å². The molecular formula is C18H16ClN5O3S. The summed E-state index contributed by atoms with van der Waals surface area (Å²) in [6.07, 6.45) is 0.607. The molecule has 8 nitrogen and oxygen atoms in total. The third-order valence-electron chi connectivity index (χ3n) is 3.89. The lowest BCUT2D eigenvalue weighted by atomic mass is 10.1. The van der Waals surface area contributed by atoms with Crippen LogP contribution in [0.4, 0.5) is 11.4 Å². The Balaban J connectivity index is 1.55. The lowest BCUT2D eigenvalue weighted by Crippen LogP contribution is -2.14. The van der Waals surface area contributed by atoms with E-state index in [2.05, 4.69) is 15.5 Å². The first kappa shape index (κ1) is 19.8. The molecule has 0 aliphatic carbocycles. The summed E-state index contributed by atoms with van der Waals surface area (Å²) in [7, 11) is 1.85. The quantitative estimate of drug-likeness (QED) is 0.357. The summed E-state index contributed by atoms with van der Waals surface area (Å²) in [4.78, 5) is 22.3. The number of nitrogens with zero attached hydrogens (tertiary/aromatic N) is 4. The largest absolute Gasteiger partial charge is 0.325 e. The maximum atomic E-state index is 12.1. The van der Waals surface area contributed by atoms with Crippen molar-refractivity contribution in [2.45, 2.75) is 11.6 Å². The predicted molar refractivity (Wildman–Crippen MR) is 108 cm³/mol. The fourth-order valence-corrected chi connectivity index (χ4v) is 3.26. The summed E-state index contributed by atoms with van der Waals surface area (Å²) >= 11 is 7.16. The Labute approximate surface area is 170 Å². The minimum atomic E-state index is -0.489. The fraction of sp³-hybridized carbons (Fsp3) is 0.167. The summed E-state index contributed by atoms with van der Waals surface area (Å²) in [5, 5.41) is 23.0. The van der Waals surface area contributed by atoms with Crippen LogP contribution in [0.25, 0.3) is 0 Å². The number of amides is 1. The average Bonchev–Trinajstić information content (AvgIpc) is 3.02. The van der Waals surface area contributed by atoms with Crippen LogP contribution in [0.2, 0.25) is 5.02 Å². The second-order valence-corrected chi connectivity index (χ2v) is 7.28. The van der Waals surface area contributed by atoms with E-state index in [9.17, 15) is 14.9 Å². The number of nitro benzene ring substituents is 1. The van der Waals surface area contributed by atoms with E-state index in [1.807, 2.05) is 35.9 Å². The van der Waals surface area contributed by atoms with Gasteiger partial charge in [0.25, 0.3) is 5.69 Å². The first-order valence-electron chi connectivity index (χ1n) is 8.22. The smallest absolute Gasteiger partial charge is 0.269 e. The number of aromatic nitrogens is 3. The predicted octanol–water partition coefficient (Wildman–Crippen LogP) is 3.70. The van der Waals surface area contributed by atoms with E-state index >= 15 is 0 Å². The number of carbonyl (C=O) groups excluding carboxylic acids is 1. The van der Waals surface area contributed by atoms with Crippen LogP contribution < -0.4 is 5.32 Å². The van der Waals surface area contributed by atoms with Gasteiger partial charge in [-0.2, -0.15) is 0 Å². The van der Waals surface area contributed by atoms with Crippen molar-refractivity contribution >= 4 is 40.6 Å². The van der Waals surface area contributed by atoms with Crippen molar-refractivity contribution in [3.8, 4) is 0 Å². The number of halogens is 1. The van der Waals surface area contributed by atoms with E-state index in [4.69, 9.17) is 11.6 Å². The molecule has 28 heavy (non-hydrogen) atoms. The average molecular weight is 418 g/mol. The number of anilines is 1. The van der Waals surface area contributed by atoms with Gasteiger partial charge in [-0.15, -0.1) is 10.2 Å². The van der Waals surface area contributed by atoms with E-state index in [-0.39, 0.29) is 17.3 Å². The molecule has 0 aliphatic heterocycles. The Morgan fingerprint density at radius 3 is 2.50 bits per heavy atom. The number of nitrogens with one attached hydrogen (secondary N) is 1. The molecule has 2 aromatic carbocycles. The lowest BCUT2D eigenvalue weighted by molar-refractivity contribution is -0.384. The minimum absolute atomic E-state index is 0.0281. The number of non-ortho nitro benzene ring substituents is 1. The zero-order valence-electron chi connectivity index (χ0n) is 14.8. The number of nitro groups is 1. The zero-order chi connectivity index (χ0) is 20.1. The molecule has 0 aliphatic rings. The summed E-state index contributed by atoms with van der Waals surface area (Å²) in [6, 6.07) is 13.2. The third kappa shape index (κ3) is 5.08. The monoisotopic (exact) mass is 417 g/mol. The number of benzene rings is 2. The molecule has 0 saturated heterocycles. The fourth-order valence-electron chi connectivity index (χ4n) is 2.40. The summed E-state index contributed by atoms with van der Waals surface area (Å²) in [5.41, 5.74) is 1.53. The van der Waals surface area contributed by atoms with E-state index in [1.165, 1.54) is 36.0 Å². The molecule has 1 heterocycles. The van der Waals surface area contributed by atoms with E-state index in [0.29, 0.717) is 22.3 Å². The third-order valence-corrected chi connectivity index (χ3v) is 5.17. The van der Waals surface area contributed by atoms with Crippen LogP contribution in [-0.2, 0) is 18.3 Å². The molecule has 1 aromatic heterocycles. The van der Waals surface area contributed by atoms with Crippen molar-refractivity contribution in [3.05, 3.63) is 75.1 Å². The van der Waals surface area contributed by atoms with Gasteiger partial charge in [0, 0.05) is 36.3 Å². The van der Waals surface area contributed by atoms with Crippen LogP contribution >= 0.6 is 23.4 Å². The number of rotatable bonds is 7. The van der Waals surface area contributed by atoms with Gasteiger partial charge in [-0.25, -0.2) is 0 Å². The molecule has 0 spiro atoms. The van der Waals surface area contributed by atoms with Gasteiger partial charge in [-0.1, -0.05) is 35.5 Å². The van der Waals surface area contributed by atoms with E-state index in [1.54, 1.807) is 0 Å². The first-order valence-corrected chi connectivity index (χ1v) is 9.58. The van der Waals surface area contributed by atoms with E-state index < -0.39 is 4.92 Å². The van der Waals surface area contributed by atoms with Crippen LogP contribution in [-0.4, -0.2) is 31.3 Å². The van der Waals surface area contributed by atoms with Gasteiger partial charge >= 0.3 is 0 Å². The normalized spacial score (nSPS) is 10.6. The maximum absolute atomic E-state index is 12.1. The van der Waals surface area contributed by atoms with Crippen molar-refractivity contribution in [3.63, 3.8) is 0 Å². The van der Waals surface area contributed by atoms with Gasteiger partial charge in [0.15, 0.2) is 5.16 Å². The second kappa shape index (κ2) is 8.85. The second-order valence-electron chi connectivity index (χ2n) is 5.90. The molecule has 0 saturated carbocycles. The molecule has 3 aromatic rings. The van der Waals surface area contributed by atoms with Crippen molar-refractivity contribution in [2.24, 2.45) is 7.05 Å². The Morgan fingerprint density at radius 1 is 1.18 bits per heavy atom. The summed E-state index contributed by atoms with van der Waals surface area (Å²) < 4.78 is 1.85. The van der Waals surface area contributed by atoms with Gasteiger partial charge < -0.3 is 9.88 Å². The van der Waals surface area contributed by atoms with Crippen molar-refractivity contribution in [1.29, 1.82) is 0 Å². The Bertz CT molecular complexity index is 989. The highest BCUT2D eigenvalue weighted by Gasteiger charge is 2.13. The highest BCUT2D eigenvalue weighted by molar-refractivity contribution is 7.99. The molecule has 144 valence electrons. The van der Waals surface area contributed by atoms with Gasteiger partial charge in [-0.3, -0.25) is 14.9 Å². The molecular weight excluding hydrogens is 402 g/mol. The molecule has 3 rings (SSSR count). The van der Waals surface area contributed by atoms with Crippen LogP contribution in [0.1, 0.15) is 11.4 Å². The van der Waals surface area contributed by atoms with Crippen molar-refractivity contribution < 1.29 is 9.72 Å². The highest BCUT2D eigenvalue weighted by Crippen LogP contribution is 2.20. The molecule has 0 fully saturated rings. The topological polar surface area (TPSA) is 103 Å². The molecule has 0 bridgehead atoms. The number of hydrogen-bond donors (Lipinski definition) is 1. The van der Waals surface area contributed by atoms with Crippen LogP contribution in [0.5, 0.6) is 0 Å². The van der Waals surface area contributed by atoms with Crippen molar-refractivity contribution in [2.75, 3.05) is 11.1 Å². The minimum Gasteiger partial charge on any atom is -0.325 e. The van der Waals surface area contributed by atoms with Gasteiger partial charge in [0.05, 0.1) is 10.7 Å². The lowest BCUT2D eigenvalue weighted by Gasteiger charge is -2.06. The number of thioether (sulfide) groups is 1. The maximum Gasteiger partial charge on any atom is 0.269 e. The molecule has 0 radical (unpaired) electrons. The van der Waals surface area contributed by atoms with Gasteiger partial charge in [0.2, 0.25) is 5.91 Å². The summed E-state index contributed by atoms with van der Waals surface area (Å²) in [6.45, 7) is 0. The SMILES string of the molecule is Cn1c(Cc2ccc(Cl)cc2)nnc1SCC(=O)Nc1ccc([N+](=O)[O-])cc1. The molecule has 0 atom stereocenters. The zero-order valence-corrected chi connectivity index (χ0v) is 16.4. The first-order chi connectivity index (χ1) is 13.4. The Morgan fingerprint density at radius 2 is 1.86 bits per heavy atom. The van der Waals surface area contributed by atoms with Crippen molar-refractivity contribution in [1.82, 2.24) is 14.8 Å². The van der Waals surface area contributed by atoms with Gasteiger partial charge in [0.1, 0.15) is 5.82 Å². The standard InChI is InChI=1S/C18H16ClN5O3S/c1-23-16(10-12-2-4-13(19)5-3-12)21-22-18(23)28-11-17(25)20-14-6-8-15(9-7-14)24(26)27/h2-9H,10-11H2,1H3,(H,20,25). The van der Waals surface area contributed by atoms with E-state index in [0.717, 1.165) is 11.4 Å². The summed E-state index contributed by atoms with van der Waals surface area (Å²) in [5.74, 6) is 0.686. The molecule has 1 amide bonds. The van der Waals surface area contributed by atoms with Gasteiger partial charge in [-0.05, 0) is 29.8 Å². The molecule has 1 N–H and O–H groups in total. The van der Waals surface area contributed by atoms with Crippen LogP contribution in [0.3, 0.4) is 0 Å². The Hall–Kier alpha value is -2.91. The molecule has 0 unspecified atom stereocenters. The highest BCUT2D eigenvalue weighted by atomic mass is 35.5. The number of carbonyl (C=O) groups is 1.